The largest absolute Gasteiger partial charge is 0.378 e. The minimum absolute atomic E-state index is 0. The van der Waals surface area contributed by atoms with Gasteiger partial charge < -0.3 is 15.0 Å². The molecule has 2 unspecified atom stereocenters. The summed E-state index contributed by atoms with van der Waals surface area (Å²) in [5.41, 5.74) is 5.92. The van der Waals surface area contributed by atoms with Gasteiger partial charge >= 0.3 is 0 Å². The average Bonchev–Trinajstić information content (AvgIpc) is 3.21. The van der Waals surface area contributed by atoms with E-state index in [-0.39, 0.29) is 12.4 Å². The van der Waals surface area contributed by atoms with Gasteiger partial charge in [0.15, 0.2) is 5.82 Å². The number of aromatic nitrogens is 2. The molecule has 0 aliphatic heterocycles. The van der Waals surface area contributed by atoms with Crippen molar-refractivity contribution in [3.05, 3.63) is 11.7 Å². The highest BCUT2D eigenvalue weighted by molar-refractivity contribution is 5.85. The third-order valence-corrected chi connectivity index (χ3v) is 5.63. The van der Waals surface area contributed by atoms with Crippen molar-refractivity contribution >= 4 is 12.4 Å². The minimum Gasteiger partial charge on any atom is -0.378 e. The van der Waals surface area contributed by atoms with Crippen molar-refractivity contribution in [2.24, 2.45) is 11.1 Å². The molecule has 1 spiro atoms. The third-order valence-electron chi connectivity index (χ3n) is 5.63. The van der Waals surface area contributed by atoms with Gasteiger partial charge in [-0.05, 0) is 39.2 Å². The predicted octanol–water partition coefficient (Wildman–Crippen LogP) is 2.90. The lowest BCUT2D eigenvalue weighted by atomic mass is 9.60. The summed E-state index contributed by atoms with van der Waals surface area (Å²) >= 11 is 0. The summed E-state index contributed by atoms with van der Waals surface area (Å²) in [5, 5.41) is 4.08. The summed E-state index contributed by atoms with van der Waals surface area (Å²) in [6.07, 6.45) is 7.96. The standard InChI is InChI=1S/C17H30N4O2.ClH/c1-3-9-21(12-15-19-16(11-18)23-20-15)13-10-14(22-4-2)17(13)7-5-6-8-17;/h13-14H,3-12,18H2,1-2H3;1H. The van der Waals surface area contributed by atoms with E-state index in [2.05, 4.69) is 28.9 Å². The maximum absolute atomic E-state index is 6.05. The zero-order chi connectivity index (χ0) is 16.3. The number of nitrogens with two attached hydrogens (primary N) is 1. The van der Waals surface area contributed by atoms with E-state index in [1.54, 1.807) is 0 Å². The molecule has 6 nitrogen and oxygen atoms in total. The van der Waals surface area contributed by atoms with Crippen LogP contribution >= 0.6 is 12.4 Å². The van der Waals surface area contributed by atoms with Crippen LogP contribution in [0, 0.1) is 5.41 Å². The van der Waals surface area contributed by atoms with E-state index in [9.17, 15) is 0 Å². The van der Waals surface area contributed by atoms with Crippen LogP contribution in [0.5, 0.6) is 0 Å². The molecule has 1 aromatic rings. The molecule has 0 bridgehead atoms. The van der Waals surface area contributed by atoms with Crippen LogP contribution in [-0.2, 0) is 17.8 Å². The van der Waals surface area contributed by atoms with Gasteiger partial charge in [0.1, 0.15) is 0 Å². The van der Waals surface area contributed by atoms with E-state index in [0.717, 1.165) is 38.4 Å². The highest BCUT2D eigenvalue weighted by Gasteiger charge is 2.58. The Labute approximate surface area is 150 Å². The highest BCUT2D eigenvalue weighted by atomic mass is 35.5. The molecule has 3 rings (SSSR count). The van der Waals surface area contributed by atoms with Gasteiger partial charge in [-0.15, -0.1) is 12.4 Å². The number of nitrogens with zero attached hydrogens (tertiary/aromatic N) is 3. The summed E-state index contributed by atoms with van der Waals surface area (Å²) in [6.45, 7) is 7.28. The number of hydrogen-bond acceptors (Lipinski definition) is 6. The molecule has 0 aromatic carbocycles. The fourth-order valence-electron chi connectivity index (χ4n) is 4.61. The molecule has 1 heterocycles. The number of ether oxygens (including phenoxy) is 1. The highest BCUT2D eigenvalue weighted by Crippen LogP contribution is 2.56. The summed E-state index contributed by atoms with van der Waals surface area (Å²) in [7, 11) is 0. The van der Waals surface area contributed by atoms with E-state index in [1.165, 1.54) is 25.7 Å². The molecule has 2 fully saturated rings. The molecule has 2 saturated carbocycles. The van der Waals surface area contributed by atoms with Crippen LogP contribution in [0.15, 0.2) is 4.52 Å². The Morgan fingerprint density at radius 2 is 2.08 bits per heavy atom. The first-order chi connectivity index (χ1) is 11.2. The zero-order valence-electron chi connectivity index (χ0n) is 14.9. The van der Waals surface area contributed by atoms with Crippen molar-refractivity contribution < 1.29 is 9.26 Å². The summed E-state index contributed by atoms with van der Waals surface area (Å²) in [6, 6.07) is 0.585. The van der Waals surface area contributed by atoms with Crippen LogP contribution in [0.4, 0.5) is 0 Å². The summed E-state index contributed by atoms with van der Waals surface area (Å²) < 4.78 is 11.2. The molecule has 138 valence electrons. The molecule has 0 saturated heterocycles. The van der Waals surface area contributed by atoms with Crippen LogP contribution in [0.25, 0.3) is 0 Å². The molecule has 2 aliphatic carbocycles. The number of halogens is 1. The van der Waals surface area contributed by atoms with Gasteiger partial charge in [-0.2, -0.15) is 4.98 Å². The Balaban J connectivity index is 0.00000208. The molecule has 2 N–H and O–H groups in total. The quantitative estimate of drug-likeness (QED) is 0.769. The summed E-state index contributed by atoms with van der Waals surface area (Å²) in [5.74, 6) is 1.28. The van der Waals surface area contributed by atoms with Crippen LogP contribution < -0.4 is 5.73 Å². The van der Waals surface area contributed by atoms with Crippen LogP contribution in [0.3, 0.4) is 0 Å². The van der Waals surface area contributed by atoms with Crippen molar-refractivity contribution in [3.63, 3.8) is 0 Å². The molecule has 2 aliphatic rings. The molecular formula is C17H31ClN4O2. The first-order valence-corrected chi connectivity index (χ1v) is 9.10. The molecule has 2 atom stereocenters. The molecule has 0 radical (unpaired) electrons. The maximum Gasteiger partial charge on any atom is 0.240 e. The Bertz CT molecular complexity index is 505. The lowest BCUT2D eigenvalue weighted by Crippen LogP contribution is -2.63. The smallest absolute Gasteiger partial charge is 0.240 e. The molecule has 0 amide bonds. The number of hydrogen-bond donors (Lipinski definition) is 1. The van der Waals surface area contributed by atoms with Crippen molar-refractivity contribution in [1.29, 1.82) is 0 Å². The van der Waals surface area contributed by atoms with E-state index < -0.39 is 0 Å². The first-order valence-electron chi connectivity index (χ1n) is 9.10. The van der Waals surface area contributed by atoms with E-state index in [4.69, 9.17) is 15.0 Å². The number of rotatable bonds is 8. The predicted molar refractivity (Wildman–Crippen MR) is 94.9 cm³/mol. The van der Waals surface area contributed by atoms with Crippen molar-refractivity contribution in [2.75, 3.05) is 13.2 Å². The second-order valence-electron chi connectivity index (χ2n) is 6.91. The molecule has 7 heteroatoms. The van der Waals surface area contributed by atoms with Gasteiger partial charge in [0.2, 0.25) is 5.89 Å². The molecular weight excluding hydrogens is 328 g/mol. The van der Waals surface area contributed by atoms with Crippen LogP contribution in [0.2, 0.25) is 0 Å². The lowest BCUT2D eigenvalue weighted by Gasteiger charge is -2.57. The Morgan fingerprint density at radius 1 is 1.33 bits per heavy atom. The Morgan fingerprint density at radius 3 is 2.67 bits per heavy atom. The fraction of sp³-hybridized carbons (Fsp3) is 0.882. The van der Waals surface area contributed by atoms with E-state index in [1.807, 2.05) is 0 Å². The average molecular weight is 359 g/mol. The third kappa shape index (κ3) is 3.62. The minimum atomic E-state index is 0. The van der Waals surface area contributed by atoms with Gasteiger partial charge in [-0.1, -0.05) is 24.9 Å². The normalized spacial score (nSPS) is 25.0. The zero-order valence-corrected chi connectivity index (χ0v) is 15.7. The van der Waals surface area contributed by atoms with Crippen LogP contribution in [0.1, 0.15) is 64.1 Å². The lowest BCUT2D eigenvalue weighted by molar-refractivity contribution is -0.167. The van der Waals surface area contributed by atoms with Gasteiger partial charge in [0.25, 0.3) is 0 Å². The van der Waals surface area contributed by atoms with Crippen molar-refractivity contribution in [2.45, 2.75) is 77.6 Å². The van der Waals surface area contributed by atoms with Gasteiger partial charge in [-0.25, -0.2) is 0 Å². The molecule has 24 heavy (non-hydrogen) atoms. The second-order valence-corrected chi connectivity index (χ2v) is 6.91. The Hall–Kier alpha value is -0.690. The summed E-state index contributed by atoms with van der Waals surface area (Å²) in [4.78, 5) is 6.93. The van der Waals surface area contributed by atoms with Gasteiger partial charge in [-0.3, -0.25) is 4.90 Å². The monoisotopic (exact) mass is 358 g/mol. The maximum atomic E-state index is 6.05. The topological polar surface area (TPSA) is 77.4 Å². The van der Waals surface area contributed by atoms with Gasteiger partial charge in [0, 0.05) is 18.1 Å². The first kappa shape index (κ1) is 19.6. The van der Waals surface area contributed by atoms with Crippen LogP contribution in [-0.4, -0.2) is 40.3 Å². The SMILES string of the molecule is CCCN(Cc1noc(CN)n1)C1CC(OCC)C12CCCC2.Cl. The fourth-order valence-corrected chi connectivity index (χ4v) is 4.61. The Kier molecular flexibility index (Phi) is 7.04. The second kappa shape index (κ2) is 8.61. The molecule has 1 aromatic heterocycles. The van der Waals surface area contributed by atoms with Crippen molar-refractivity contribution in [3.8, 4) is 0 Å². The van der Waals surface area contributed by atoms with E-state index in [0.29, 0.717) is 30.0 Å². The van der Waals surface area contributed by atoms with Crippen molar-refractivity contribution in [1.82, 2.24) is 15.0 Å². The van der Waals surface area contributed by atoms with Gasteiger partial charge in [0.05, 0.1) is 19.2 Å². The van der Waals surface area contributed by atoms with E-state index >= 15 is 0 Å².